The summed E-state index contributed by atoms with van der Waals surface area (Å²) in [5.74, 6) is 0. The predicted molar refractivity (Wildman–Crippen MR) is 60.7 cm³/mol. The Labute approximate surface area is 85.1 Å². The molecule has 0 spiro atoms. The Morgan fingerprint density at radius 3 is 1.31 bits per heavy atom. The van der Waals surface area contributed by atoms with Gasteiger partial charge in [0.2, 0.25) is 0 Å². The van der Waals surface area contributed by atoms with E-state index in [-0.39, 0.29) is 0 Å². The van der Waals surface area contributed by atoms with Gasteiger partial charge in [0.25, 0.3) is 0 Å². The molecule has 0 heterocycles. The summed E-state index contributed by atoms with van der Waals surface area (Å²) < 4.78 is 3.11. The van der Waals surface area contributed by atoms with Crippen molar-refractivity contribution in [3.8, 4) is 0 Å². The van der Waals surface area contributed by atoms with E-state index >= 15 is 0 Å². The molecule has 0 radical (unpaired) electrons. The van der Waals surface area contributed by atoms with Gasteiger partial charge in [-0.1, -0.05) is 0 Å². The van der Waals surface area contributed by atoms with Gasteiger partial charge >= 0.3 is 84.9 Å². The fourth-order valence-electron chi connectivity index (χ4n) is 1.43. The standard InChI is InChI=1S/C12H12Ge/c1-3-7-11(8-4-1)13-12-9-5-2-6-10-12/h1-10H,13H2. The van der Waals surface area contributed by atoms with E-state index in [1.54, 1.807) is 8.79 Å². The van der Waals surface area contributed by atoms with Crippen LogP contribution < -0.4 is 8.79 Å². The molecule has 13 heavy (non-hydrogen) atoms. The molecule has 64 valence electrons. The Morgan fingerprint density at radius 2 is 0.923 bits per heavy atom. The number of hydrogen-bond donors (Lipinski definition) is 0. The zero-order chi connectivity index (χ0) is 8.93. The quantitative estimate of drug-likeness (QED) is 0.668. The van der Waals surface area contributed by atoms with E-state index in [1.807, 2.05) is 0 Å². The van der Waals surface area contributed by atoms with Crippen molar-refractivity contribution in [3.05, 3.63) is 60.7 Å². The fraction of sp³-hybridized carbons (Fsp3) is 0. The molecule has 0 aliphatic carbocycles. The SMILES string of the molecule is c1cc[c]([GeH2][c]2ccccc2)cc1. The van der Waals surface area contributed by atoms with Crippen LogP contribution >= 0.6 is 0 Å². The van der Waals surface area contributed by atoms with Crippen molar-refractivity contribution < 1.29 is 0 Å². The Balaban J connectivity index is 2.16. The van der Waals surface area contributed by atoms with Gasteiger partial charge < -0.3 is 0 Å². The summed E-state index contributed by atoms with van der Waals surface area (Å²) in [5.41, 5.74) is 0. The zero-order valence-corrected chi connectivity index (χ0v) is 10.4. The minimum atomic E-state index is -0.676. The molecule has 0 atom stereocenters. The maximum atomic E-state index is 2.24. The van der Waals surface area contributed by atoms with Crippen molar-refractivity contribution in [2.24, 2.45) is 0 Å². The maximum absolute atomic E-state index is 2.24. The molecule has 2 rings (SSSR count). The van der Waals surface area contributed by atoms with Crippen molar-refractivity contribution in [3.63, 3.8) is 0 Å². The summed E-state index contributed by atoms with van der Waals surface area (Å²) >= 11 is -0.676. The molecule has 1 heteroatoms. The van der Waals surface area contributed by atoms with Gasteiger partial charge in [-0.05, 0) is 0 Å². The van der Waals surface area contributed by atoms with Crippen molar-refractivity contribution >= 4 is 24.2 Å². The van der Waals surface area contributed by atoms with Crippen LogP contribution in [-0.4, -0.2) is 15.4 Å². The molecule has 2 aromatic rings. The van der Waals surface area contributed by atoms with Gasteiger partial charge in [0.1, 0.15) is 0 Å². The Bertz CT molecular complexity index is 316. The topological polar surface area (TPSA) is 0 Å². The van der Waals surface area contributed by atoms with Gasteiger partial charge in [-0.15, -0.1) is 0 Å². The fourth-order valence-corrected chi connectivity index (χ4v) is 4.55. The van der Waals surface area contributed by atoms with E-state index in [9.17, 15) is 0 Å². The summed E-state index contributed by atoms with van der Waals surface area (Å²) in [6.07, 6.45) is 0. The molecule has 0 saturated carbocycles. The summed E-state index contributed by atoms with van der Waals surface area (Å²) in [5, 5.41) is 0. The zero-order valence-electron chi connectivity index (χ0n) is 7.48. The van der Waals surface area contributed by atoms with Gasteiger partial charge in [0.05, 0.1) is 0 Å². The molecule has 2 aromatic carbocycles. The third kappa shape index (κ3) is 2.46. The molecule has 0 aromatic heterocycles. The number of hydrogen-bond acceptors (Lipinski definition) is 0. The van der Waals surface area contributed by atoms with Crippen LogP contribution in [-0.2, 0) is 0 Å². The molecule has 0 amide bonds. The second-order valence-corrected chi connectivity index (χ2v) is 7.32. The van der Waals surface area contributed by atoms with Crippen LogP contribution in [0.4, 0.5) is 0 Å². The van der Waals surface area contributed by atoms with Crippen molar-refractivity contribution in [1.29, 1.82) is 0 Å². The first kappa shape index (κ1) is 8.58. The average Bonchev–Trinajstić information content (AvgIpc) is 2.21. The molecule has 0 nitrogen and oxygen atoms in total. The van der Waals surface area contributed by atoms with Crippen LogP contribution in [0.3, 0.4) is 0 Å². The Hall–Kier alpha value is -1.02. The minimum absolute atomic E-state index is 0.676. The van der Waals surface area contributed by atoms with Crippen LogP contribution in [0, 0.1) is 0 Å². The summed E-state index contributed by atoms with van der Waals surface area (Å²) in [4.78, 5) is 0. The Morgan fingerprint density at radius 1 is 0.538 bits per heavy atom. The first-order chi connectivity index (χ1) is 6.45. The van der Waals surface area contributed by atoms with Crippen LogP contribution in [0.2, 0.25) is 0 Å². The van der Waals surface area contributed by atoms with Gasteiger partial charge in [0, 0.05) is 0 Å². The second-order valence-electron chi connectivity index (χ2n) is 3.15. The van der Waals surface area contributed by atoms with Gasteiger partial charge in [-0.25, -0.2) is 0 Å². The van der Waals surface area contributed by atoms with E-state index in [4.69, 9.17) is 0 Å². The van der Waals surface area contributed by atoms with E-state index in [0.717, 1.165) is 0 Å². The molecule has 0 aliphatic heterocycles. The monoisotopic (exact) mass is 230 g/mol. The third-order valence-corrected chi connectivity index (χ3v) is 5.79. The molecular weight excluding hydrogens is 217 g/mol. The summed E-state index contributed by atoms with van der Waals surface area (Å²) in [6, 6.07) is 21.6. The van der Waals surface area contributed by atoms with Gasteiger partial charge in [-0.3, -0.25) is 0 Å². The first-order valence-corrected chi connectivity index (χ1v) is 7.50. The van der Waals surface area contributed by atoms with E-state index < -0.39 is 15.4 Å². The normalized spacial score (nSPS) is 9.85. The van der Waals surface area contributed by atoms with Crippen molar-refractivity contribution in [2.75, 3.05) is 0 Å². The summed E-state index contributed by atoms with van der Waals surface area (Å²) in [6.45, 7) is 0. The Kier molecular flexibility index (Phi) is 2.83. The molecule has 0 bridgehead atoms. The van der Waals surface area contributed by atoms with E-state index in [1.165, 1.54) is 0 Å². The van der Waals surface area contributed by atoms with Crippen molar-refractivity contribution in [1.82, 2.24) is 0 Å². The van der Waals surface area contributed by atoms with Gasteiger partial charge in [-0.2, -0.15) is 0 Å². The third-order valence-electron chi connectivity index (χ3n) is 2.09. The van der Waals surface area contributed by atoms with Crippen LogP contribution in [0.15, 0.2) is 60.7 Å². The molecule has 0 unspecified atom stereocenters. The van der Waals surface area contributed by atoms with Crippen LogP contribution in [0.1, 0.15) is 0 Å². The van der Waals surface area contributed by atoms with Gasteiger partial charge in [0.15, 0.2) is 0 Å². The van der Waals surface area contributed by atoms with Crippen LogP contribution in [0.25, 0.3) is 0 Å². The average molecular weight is 229 g/mol. The molecule has 0 saturated heterocycles. The van der Waals surface area contributed by atoms with E-state index in [2.05, 4.69) is 60.7 Å². The number of rotatable bonds is 2. The first-order valence-electron chi connectivity index (χ1n) is 4.53. The molecule has 0 N–H and O–H groups in total. The van der Waals surface area contributed by atoms with Crippen molar-refractivity contribution in [2.45, 2.75) is 0 Å². The van der Waals surface area contributed by atoms with Crippen LogP contribution in [0.5, 0.6) is 0 Å². The molecule has 0 aliphatic rings. The summed E-state index contributed by atoms with van der Waals surface area (Å²) in [7, 11) is 0. The second kappa shape index (κ2) is 4.28. The van der Waals surface area contributed by atoms with E-state index in [0.29, 0.717) is 0 Å². The molecular formula is C12H12Ge. The predicted octanol–water partition coefficient (Wildman–Crippen LogP) is 0.806. The molecule has 0 fully saturated rings. The number of benzene rings is 2.